The Morgan fingerprint density at radius 2 is 2.06 bits per heavy atom. The van der Waals surface area contributed by atoms with Crippen molar-refractivity contribution in [3.8, 4) is 6.07 Å². The maximum atomic E-state index is 7.73. The second-order valence-corrected chi connectivity index (χ2v) is 2.90. The number of nitriles is 1. The van der Waals surface area contributed by atoms with Crippen LogP contribution in [0.1, 0.15) is 27.7 Å². The van der Waals surface area contributed by atoms with E-state index in [0.717, 1.165) is 19.6 Å². The Morgan fingerprint density at radius 1 is 1.56 bits per heavy atom. The number of nitrogens with one attached hydrogen (secondary N) is 1. The number of nitrogens with zero attached hydrogens (tertiary/aromatic N) is 2. The van der Waals surface area contributed by atoms with Gasteiger partial charge in [-0.05, 0) is 33.7 Å². The van der Waals surface area contributed by atoms with E-state index in [9.17, 15) is 0 Å². The fourth-order valence-electron chi connectivity index (χ4n) is 0.681. The highest BCUT2D eigenvalue weighted by Gasteiger charge is 1.92. The molecule has 0 aromatic rings. The van der Waals surface area contributed by atoms with Gasteiger partial charge in [-0.3, -0.25) is 4.99 Å². The molecule has 0 rings (SSSR count). The third-order valence-corrected chi connectivity index (χ3v) is 1.20. The van der Waals surface area contributed by atoms with Crippen LogP contribution in [0.4, 0.5) is 0 Å². The van der Waals surface area contributed by atoms with Gasteiger partial charge >= 0.3 is 0 Å². The Bertz CT molecular complexity index is 182. The van der Waals surface area contributed by atoms with E-state index in [4.69, 9.17) is 11.0 Å². The van der Waals surface area contributed by atoms with Crippen molar-refractivity contribution < 1.29 is 0 Å². The molecule has 16 heavy (non-hydrogen) atoms. The number of rotatable bonds is 4. The van der Waals surface area contributed by atoms with E-state index >= 15 is 0 Å². The van der Waals surface area contributed by atoms with Crippen LogP contribution >= 0.6 is 0 Å². The highest BCUT2D eigenvalue weighted by Crippen LogP contribution is 1.78. The summed E-state index contributed by atoms with van der Waals surface area (Å²) in [7, 11) is 0. The first kappa shape index (κ1) is 20.3. The third kappa shape index (κ3) is 38.5. The standard InChI is InChI=1S/C6H14N2.C4H5N.C2H7N/c1-4-8-6(2)5-7-3;1-2-3-4-5;1-2-3/h6,8H,3-5H2,1-2H3;2-3H,1H3;2-3H2,1H3/b;3-2+;. The predicted octanol–water partition coefficient (Wildman–Crippen LogP) is 1.74. The molecule has 0 amide bonds. The van der Waals surface area contributed by atoms with Crippen molar-refractivity contribution in [2.24, 2.45) is 10.7 Å². The second-order valence-electron chi connectivity index (χ2n) is 2.90. The molecule has 0 radical (unpaired) electrons. The fourth-order valence-corrected chi connectivity index (χ4v) is 0.681. The monoisotopic (exact) mass is 226 g/mol. The topological polar surface area (TPSA) is 74.2 Å². The zero-order valence-electron chi connectivity index (χ0n) is 11.0. The highest BCUT2D eigenvalue weighted by molar-refractivity contribution is 5.23. The van der Waals surface area contributed by atoms with E-state index in [2.05, 4.69) is 30.9 Å². The second kappa shape index (κ2) is 23.6. The van der Waals surface area contributed by atoms with Crippen LogP contribution < -0.4 is 11.1 Å². The quantitative estimate of drug-likeness (QED) is 0.566. The highest BCUT2D eigenvalue weighted by atomic mass is 14.9. The Morgan fingerprint density at radius 3 is 2.25 bits per heavy atom. The van der Waals surface area contributed by atoms with Crippen molar-refractivity contribution in [3.63, 3.8) is 0 Å². The van der Waals surface area contributed by atoms with Gasteiger partial charge < -0.3 is 11.1 Å². The molecule has 4 heteroatoms. The lowest BCUT2D eigenvalue weighted by atomic mass is 10.3. The van der Waals surface area contributed by atoms with Crippen molar-refractivity contribution in [3.05, 3.63) is 12.2 Å². The predicted molar refractivity (Wildman–Crippen MR) is 72.7 cm³/mol. The van der Waals surface area contributed by atoms with Crippen molar-refractivity contribution in [2.45, 2.75) is 33.7 Å². The Balaban J connectivity index is -0.000000181. The van der Waals surface area contributed by atoms with Crippen LogP contribution in [-0.4, -0.2) is 32.4 Å². The van der Waals surface area contributed by atoms with E-state index < -0.39 is 0 Å². The SMILES string of the molecule is C/C=C/C#N.C=NCC(C)NCC.CCN. The Kier molecular flexibility index (Phi) is 29.8. The number of nitrogens with two attached hydrogens (primary N) is 1. The van der Waals surface area contributed by atoms with E-state index in [0.29, 0.717) is 6.04 Å². The molecule has 0 aliphatic rings. The summed E-state index contributed by atoms with van der Waals surface area (Å²) in [5.74, 6) is 0. The Labute approximate surface area is 100 Å². The Hall–Kier alpha value is -1.18. The molecule has 0 aromatic heterocycles. The third-order valence-electron chi connectivity index (χ3n) is 1.20. The molecular weight excluding hydrogens is 200 g/mol. The van der Waals surface area contributed by atoms with Gasteiger partial charge in [0.05, 0.1) is 12.6 Å². The van der Waals surface area contributed by atoms with Crippen molar-refractivity contribution in [2.75, 3.05) is 19.6 Å². The van der Waals surface area contributed by atoms with Crippen molar-refractivity contribution >= 4 is 6.72 Å². The van der Waals surface area contributed by atoms with Gasteiger partial charge in [0.25, 0.3) is 0 Å². The average Bonchev–Trinajstić information content (AvgIpc) is 2.22. The minimum atomic E-state index is 0.484. The summed E-state index contributed by atoms with van der Waals surface area (Å²) < 4.78 is 0. The lowest BCUT2D eigenvalue weighted by Crippen LogP contribution is -2.27. The summed E-state index contributed by atoms with van der Waals surface area (Å²) in [5.41, 5.74) is 4.85. The van der Waals surface area contributed by atoms with E-state index in [1.807, 2.05) is 19.9 Å². The minimum absolute atomic E-state index is 0.484. The van der Waals surface area contributed by atoms with Gasteiger partial charge in [0.15, 0.2) is 0 Å². The summed E-state index contributed by atoms with van der Waals surface area (Å²) in [6.07, 6.45) is 3.12. The minimum Gasteiger partial charge on any atom is -0.331 e. The van der Waals surface area contributed by atoms with E-state index in [1.165, 1.54) is 6.08 Å². The number of hydrogen-bond acceptors (Lipinski definition) is 4. The summed E-state index contributed by atoms with van der Waals surface area (Å²) in [4.78, 5) is 3.74. The molecule has 0 bridgehead atoms. The largest absolute Gasteiger partial charge is 0.331 e. The first-order chi connectivity index (χ1) is 7.64. The molecule has 0 saturated carbocycles. The first-order valence-electron chi connectivity index (χ1n) is 5.51. The van der Waals surface area contributed by atoms with Gasteiger partial charge in [-0.2, -0.15) is 5.26 Å². The molecule has 0 aliphatic carbocycles. The van der Waals surface area contributed by atoms with Crippen molar-refractivity contribution in [1.82, 2.24) is 5.32 Å². The maximum absolute atomic E-state index is 7.73. The van der Waals surface area contributed by atoms with Gasteiger partial charge in [-0.25, -0.2) is 0 Å². The van der Waals surface area contributed by atoms with Gasteiger partial charge in [0.2, 0.25) is 0 Å². The number of hydrogen-bond donors (Lipinski definition) is 2. The van der Waals surface area contributed by atoms with Crippen molar-refractivity contribution in [1.29, 1.82) is 5.26 Å². The number of likely N-dealkylation sites (N-methyl/N-ethyl adjacent to an activating group) is 1. The van der Waals surface area contributed by atoms with Gasteiger partial charge in [-0.15, -0.1) is 0 Å². The summed E-state index contributed by atoms with van der Waals surface area (Å²) >= 11 is 0. The van der Waals surface area contributed by atoms with Crippen LogP contribution in [0.5, 0.6) is 0 Å². The smallest absolute Gasteiger partial charge is 0.0908 e. The molecule has 0 fully saturated rings. The van der Waals surface area contributed by atoms with E-state index in [-0.39, 0.29) is 0 Å². The lowest BCUT2D eigenvalue weighted by Gasteiger charge is -2.06. The first-order valence-corrected chi connectivity index (χ1v) is 5.51. The number of allylic oxidation sites excluding steroid dienone is 2. The summed E-state index contributed by atoms with van der Waals surface area (Å²) in [5, 5.41) is 10.9. The molecule has 3 N–H and O–H groups in total. The van der Waals surface area contributed by atoms with Crippen LogP contribution in [0.3, 0.4) is 0 Å². The molecule has 0 saturated heterocycles. The van der Waals surface area contributed by atoms with E-state index in [1.54, 1.807) is 6.08 Å². The van der Waals surface area contributed by atoms with Crippen LogP contribution in [0, 0.1) is 11.3 Å². The zero-order valence-corrected chi connectivity index (χ0v) is 11.0. The van der Waals surface area contributed by atoms with Crippen LogP contribution in [0.15, 0.2) is 17.1 Å². The van der Waals surface area contributed by atoms with Gasteiger partial charge in [0.1, 0.15) is 0 Å². The summed E-state index contributed by atoms with van der Waals surface area (Å²) in [6, 6.07) is 2.32. The molecule has 1 unspecified atom stereocenters. The van der Waals surface area contributed by atoms with Gasteiger partial charge in [0, 0.05) is 12.1 Å². The molecule has 0 aromatic carbocycles. The molecule has 94 valence electrons. The van der Waals surface area contributed by atoms with Crippen LogP contribution in [0.2, 0.25) is 0 Å². The molecule has 0 spiro atoms. The zero-order chi connectivity index (χ0) is 13.2. The van der Waals surface area contributed by atoms with Crippen LogP contribution in [-0.2, 0) is 0 Å². The average molecular weight is 226 g/mol. The summed E-state index contributed by atoms with van der Waals surface area (Å²) in [6.45, 7) is 13.9. The fraction of sp³-hybridized carbons (Fsp3) is 0.667. The normalized spacial score (nSPS) is 10.2. The molecule has 1 atom stereocenters. The molecule has 0 heterocycles. The maximum Gasteiger partial charge on any atom is 0.0908 e. The number of aliphatic imine (C=N–C) groups is 1. The lowest BCUT2D eigenvalue weighted by molar-refractivity contribution is 0.579. The molecule has 0 aliphatic heterocycles. The van der Waals surface area contributed by atoms with Crippen LogP contribution in [0.25, 0.3) is 0 Å². The van der Waals surface area contributed by atoms with Gasteiger partial charge in [-0.1, -0.05) is 19.9 Å². The molecular formula is C12H26N4. The molecule has 4 nitrogen and oxygen atoms in total.